The van der Waals surface area contributed by atoms with Gasteiger partial charge in [-0.15, -0.1) is 0 Å². The summed E-state index contributed by atoms with van der Waals surface area (Å²) in [5.74, 6) is -0.640. The Morgan fingerprint density at radius 1 is 1.06 bits per heavy atom. The topological polar surface area (TPSA) is 94.1 Å². The highest BCUT2D eigenvalue weighted by Crippen LogP contribution is 2.48. The van der Waals surface area contributed by atoms with E-state index in [9.17, 15) is 14.7 Å². The number of carbonyl (C=O) groups is 2. The first kappa shape index (κ1) is 23.7. The second kappa shape index (κ2) is 9.43. The third-order valence-corrected chi connectivity index (χ3v) is 6.71. The van der Waals surface area contributed by atoms with Gasteiger partial charge >= 0.3 is 5.97 Å². The van der Waals surface area contributed by atoms with Gasteiger partial charge in [-0.3, -0.25) is 4.79 Å². The van der Waals surface area contributed by atoms with Crippen molar-refractivity contribution in [3.05, 3.63) is 75.1 Å². The van der Waals surface area contributed by atoms with Gasteiger partial charge in [-0.2, -0.15) is 0 Å². The van der Waals surface area contributed by atoms with Crippen molar-refractivity contribution < 1.29 is 28.9 Å². The van der Waals surface area contributed by atoms with Crippen molar-refractivity contribution in [2.24, 2.45) is 0 Å². The van der Waals surface area contributed by atoms with Crippen LogP contribution in [0, 0.1) is 0 Å². The number of benzene rings is 2. The van der Waals surface area contributed by atoms with Crippen molar-refractivity contribution >= 4 is 23.4 Å². The first-order valence-electron chi connectivity index (χ1n) is 10.8. The van der Waals surface area contributed by atoms with Gasteiger partial charge in [0.05, 0.1) is 31.9 Å². The minimum Gasteiger partial charge on any atom is -0.503 e. The second-order valence-electron chi connectivity index (χ2n) is 8.34. The summed E-state index contributed by atoms with van der Waals surface area (Å²) in [6.07, 6.45) is 0.887. The number of aromatic hydroxyl groups is 1. The highest BCUT2D eigenvalue weighted by molar-refractivity contribution is 6.32. The molecule has 0 amide bonds. The lowest BCUT2D eigenvalue weighted by Crippen LogP contribution is -2.36. The number of allylic oxidation sites excluding steroid dienone is 3. The van der Waals surface area contributed by atoms with E-state index in [-0.39, 0.29) is 28.2 Å². The normalized spacial score (nSPS) is 20.0. The van der Waals surface area contributed by atoms with Crippen LogP contribution in [0.25, 0.3) is 0 Å². The molecule has 0 unspecified atom stereocenters. The van der Waals surface area contributed by atoms with Gasteiger partial charge in [-0.25, -0.2) is 4.79 Å². The second-order valence-corrected chi connectivity index (χ2v) is 8.74. The molecule has 34 heavy (non-hydrogen) atoms. The number of dihydropyridines is 1. The van der Waals surface area contributed by atoms with Crippen LogP contribution in [0.3, 0.4) is 0 Å². The highest BCUT2D eigenvalue weighted by Gasteiger charge is 2.41. The van der Waals surface area contributed by atoms with Gasteiger partial charge in [-0.1, -0.05) is 23.7 Å². The number of ether oxygens (including phenoxy) is 3. The SMILES string of the molecule is COC(=O)C1=C(C)NC2=C(C(=O)C[C@H](c3ccc(OC)cc3)C2)[C@H]1c1cc(Cl)c(O)c(OC)c1. The lowest BCUT2D eigenvalue weighted by Gasteiger charge is -2.36. The Balaban J connectivity index is 1.83. The molecule has 0 saturated carbocycles. The Morgan fingerprint density at radius 2 is 1.76 bits per heavy atom. The number of phenolic OH excluding ortho intramolecular Hbond substituents is 1. The van der Waals surface area contributed by atoms with Crippen LogP contribution >= 0.6 is 11.6 Å². The Bertz CT molecular complexity index is 1210. The molecule has 1 aliphatic carbocycles. The van der Waals surface area contributed by atoms with Crippen molar-refractivity contribution in [2.75, 3.05) is 21.3 Å². The number of rotatable bonds is 5. The molecule has 0 radical (unpaired) electrons. The summed E-state index contributed by atoms with van der Waals surface area (Å²) in [4.78, 5) is 26.4. The number of ketones is 1. The van der Waals surface area contributed by atoms with E-state index >= 15 is 0 Å². The van der Waals surface area contributed by atoms with Gasteiger partial charge in [0.1, 0.15) is 5.75 Å². The smallest absolute Gasteiger partial charge is 0.336 e. The Morgan fingerprint density at radius 3 is 2.38 bits per heavy atom. The van der Waals surface area contributed by atoms with Gasteiger partial charge in [0.15, 0.2) is 17.3 Å². The molecule has 0 bridgehead atoms. The van der Waals surface area contributed by atoms with Crippen molar-refractivity contribution in [2.45, 2.75) is 31.6 Å². The number of carbonyl (C=O) groups excluding carboxylic acids is 2. The average molecular weight is 484 g/mol. The largest absolute Gasteiger partial charge is 0.503 e. The molecule has 4 rings (SSSR count). The van der Waals surface area contributed by atoms with E-state index in [1.165, 1.54) is 14.2 Å². The first-order chi connectivity index (χ1) is 16.3. The molecule has 2 N–H and O–H groups in total. The van der Waals surface area contributed by atoms with Gasteiger partial charge < -0.3 is 24.6 Å². The Hall–Kier alpha value is -3.45. The molecule has 2 atom stereocenters. The summed E-state index contributed by atoms with van der Waals surface area (Å²) < 4.78 is 15.6. The fraction of sp³-hybridized carbons (Fsp3) is 0.308. The number of Topliss-reactive ketones (excluding diaryl/α,β-unsaturated/α-hetero) is 1. The number of hydrogen-bond donors (Lipinski definition) is 2. The lowest BCUT2D eigenvalue weighted by molar-refractivity contribution is -0.136. The molecule has 2 aromatic carbocycles. The minimum atomic E-state index is -0.708. The van der Waals surface area contributed by atoms with Crippen LogP contribution in [0.1, 0.15) is 42.7 Å². The zero-order valence-electron chi connectivity index (χ0n) is 19.4. The minimum absolute atomic E-state index is 0.0178. The fourth-order valence-corrected chi connectivity index (χ4v) is 5.00. The summed E-state index contributed by atoms with van der Waals surface area (Å²) in [6, 6.07) is 10.9. The van der Waals surface area contributed by atoms with E-state index < -0.39 is 11.9 Å². The van der Waals surface area contributed by atoms with Gasteiger partial charge in [-0.05, 0) is 54.7 Å². The van der Waals surface area contributed by atoms with Crippen LogP contribution in [0.4, 0.5) is 0 Å². The molecule has 8 heteroatoms. The number of methoxy groups -OCH3 is 3. The fourth-order valence-electron chi connectivity index (χ4n) is 4.78. The van der Waals surface area contributed by atoms with E-state index in [2.05, 4.69) is 5.32 Å². The summed E-state index contributed by atoms with van der Waals surface area (Å²) in [5.41, 5.74) is 3.77. The maximum atomic E-state index is 13.6. The maximum absolute atomic E-state index is 13.6. The van der Waals surface area contributed by atoms with Gasteiger partial charge in [0, 0.05) is 29.3 Å². The van der Waals surface area contributed by atoms with Crippen molar-refractivity contribution in [1.82, 2.24) is 5.32 Å². The van der Waals surface area contributed by atoms with Gasteiger partial charge in [0.25, 0.3) is 0 Å². The molecular weight excluding hydrogens is 458 g/mol. The van der Waals surface area contributed by atoms with Crippen LogP contribution < -0.4 is 14.8 Å². The number of phenols is 1. The molecule has 7 nitrogen and oxygen atoms in total. The summed E-state index contributed by atoms with van der Waals surface area (Å²) >= 11 is 6.26. The number of hydrogen-bond acceptors (Lipinski definition) is 7. The Labute approximate surface area is 203 Å². The van der Waals surface area contributed by atoms with Crippen LogP contribution in [0.2, 0.25) is 5.02 Å². The van der Waals surface area contributed by atoms with Crippen LogP contribution in [-0.4, -0.2) is 38.2 Å². The zero-order valence-corrected chi connectivity index (χ0v) is 20.2. The Kier molecular flexibility index (Phi) is 6.57. The van der Waals surface area contributed by atoms with E-state index in [0.29, 0.717) is 35.2 Å². The molecule has 0 fully saturated rings. The molecule has 1 aliphatic heterocycles. The summed E-state index contributed by atoms with van der Waals surface area (Å²) in [7, 11) is 4.33. The lowest BCUT2D eigenvalue weighted by atomic mass is 9.71. The van der Waals surface area contributed by atoms with Crippen molar-refractivity contribution in [3.8, 4) is 17.2 Å². The number of halogens is 1. The van der Waals surface area contributed by atoms with E-state index in [4.69, 9.17) is 25.8 Å². The monoisotopic (exact) mass is 483 g/mol. The third-order valence-electron chi connectivity index (χ3n) is 6.42. The van der Waals surface area contributed by atoms with Gasteiger partial charge in [0.2, 0.25) is 0 Å². The molecule has 0 saturated heterocycles. The quantitative estimate of drug-likeness (QED) is 0.600. The maximum Gasteiger partial charge on any atom is 0.336 e. The summed E-state index contributed by atoms with van der Waals surface area (Å²) in [6.45, 7) is 1.78. The predicted octanol–water partition coefficient (Wildman–Crippen LogP) is 4.60. The highest BCUT2D eigenvalue weighted by atomic mass is 35.5. The number of esters is 1. The molecule has 2 aromatic rings. The molecule has 0 aromatic heterocycles. The molecular formula is C26H26ClNO6. The van der Waals surface area contributed by atoms with E-state index in [1.807, 2.05) is 24.3 Å². The predicted molar refractivity (Wildman–Crippen MR) is 127 cm³/mol. The van der Waals surface area contributed by atoms with Crippen LogP contribution in [-0.2, 0) is 14.3 Å². The van der Waals surface area contributed by atoms with Crippen LogP contribution in [0.15, 0.2) is 58.9 Å². The van der Waals surface area contributed by atoms with Crippen molar-refractivity contribution in [3.63, 3.8) is 0 Å². The molecule has 178 valence electrons. The third kappa shape index (κ3) is 4.12. The average Bonchev–Trinajstić information content (AvgIpc) is 2.84. The van der Waals surface area contributed by atoms with Crippen LogP contribution in [0.5, 0.6) is 17.2 Å². The molecule has 0 spiro atoms. The van der Waals surface area contributed by atoms with E-state index in [0.717, 1.165) is 17.0 Å². The zero-order chi connectivity index (χ0) is 24.6. The first-order valence-corrected chi connectivity index (χ1v) is 11.2. The summed E-state index contributed by atoms with van der Waals surface area (Å²) in [5, 5.41) is 13.6. The van der Waals surface area contributed by atoms with E-state index in [1.54, 1.807) is 26.2 Å². The molecule has 2 aliphatic rings. The molecule has 1 heterocycles. The van der Waals surface area contributed by atoms with Crippen molar-refractivity contribution in [1.29, 1.82) is 0 Å². The standard InChI is InChI=1S/C26H26ClNO6/c1-13-22(26(31)34-4)23(16-9-18(27)25(30)21(12-16)33-3)24-19(28-13)10-15(11-20(24)29)14-5-7-17(32-2)8-6-14/h5-9,12,15,23,28,30H,10-11H2,1-4H3/t15-,23+/m1/s1. The number of nitrogens with one attached hydrogen (secondary N) is 1.